The van der Waals surface area contributed by atoms with E-state index in [0.717, 1.165) is 4.57 Å². The Morgan fingerprint density at radius 3 is 2.06 bits per heavy atom. The molecule has 0 radical (unpaired) electrons. The van der Waals surface area contributed by atoms with E-state index in [-0.39, 0.29) is 34.1 Å². The molecule has 2 heterocycles. The monoisotopic (exact) mass is 653 g/mol. The molecular weight excluding hydrogens is 629 g/mol. The number of pyridine rings is 1. The second-order valence-electron chi connectivity index (χ2n) is 10.9. The van der Waals surface area contributed by atoms with Gasteiger partial charge in [0.2, 0.25) is 0 Å². The molecule has 48 heavy (non-hydrogen) atoms. The Labute approximate surface area is 272 Å². The number of aromatic hydroxyl groups is 1. The number of nitrogens with zero attached hydrogens (tertiary/aromatic N) is 4. The molecule has 7 rings (SSSR count). The number of benzene rings is 5. The van der Waals surface area contributed by atoms with Crippen LogP contribution in [0.5, 0.6) is 5.75 Å². The number of phenols is 1. The molecule has 0 aromatic heterocycles. The van der Waals surface area contributed by atoms with Crippen LogP contribution < -0.4 is 16.3 Å². The molecule has 0 bridgehead atoms. The highest BCUT2D eigenvalue weighted by Gasteiger charge is 2.28. The first-order chi connectivity index (χ1) is 23.1. The van der Waals surface area contributed by atoms with Gasteiger partial charge in [0, 0.05) is 16.8 Å². The zero-order valence-electron chi connectivity index (χ0n) is 24.8. The lowest BCUT2D eigenvalue weighted by atomic mass is 9.94. The fourth-order valence-corrected chi connectivity index (χ4v) is 6.38. The molecule has 2 aliphatic rings. The van der Waals surface area contributed by atoms with E-state index in [1.807, 2.05) is 6.07 Å². The van der Waals surface area contributed by atoms with Crippen LogP contribution in [0.2, 0.25) is 0 Å². The zero-order chi connectivity index (χ0) is 33.6. The van der Waals surface area contributed by atoms with Crippen molar-refractivity contribution in [2.45, 2.75) is 0 Å². The summed E-state index contributed by atoms with van der Waals surface area (Å²) in [5.41, 5.74) is 1.54. The third-order valence-electron chi connectivity index (χ3n) is 7.90. The van der Waals surface area contributed by atoms with Crippen LogP contribution >= 0.6 is 7.75 Å². The van der Waals surface area contributed by atoms with Crippen LogP contribution in [-0.4, -0.2) is 29.0 Å². The number of nitrogens with one attached hydrogen (secondary N) is 1. The van der Waals surface area contributed by atoms with Gasteiger partial charge in [-0.2, -0.15) is 10.2 Å². The molecule has 5 aromatic carbocycles. The summed E-state index contributed by atoms with van der Waals surface area (Å²) in [6, 6.07) is 35.5. The molecule has 0 saturated carbocycles. The van der Waals surface area contributed by atoms with Crippen LogP contribution in [0.4, 0.5) is 5.69 Å². The molecule has 234 valence electrons. The lowest BCUT2D eigenvalue weighted by Crippen LogP contribution is -2.37. The van der Waals surface area contributed by atoms with Crippen molar-refractivity contribution in [2.24, 2.45) is 0 Å². The van der Waals surface area contributed by atoms with Gasteiger partial charge < -0.3 is 14.9 Å². The van der Waals surface area contributed by atoms with Gasteiger partial charge in [-0.25, -0.2) is 13.9 Å². The SMILES string of the molecule is N#Cc1ccc2cc3c(=O)n(-c4c(-c5ccccc5)ccc(NP(=O)(O)O)c4-c4ccccc4)c(=O)nc-3n(-c3ccc(O)cc3)c2c1. The molecule has 0 spiro atoms. The number of hydrogen-bond donors (Lipinski definition) is 4. The number of phenolic OH excluding ortho intramolecular Hbond substituents is 1. The summed E-state index contributed by atoms with van der Waals surface area (Å²) in [7, 11) is -4.85. The second-order valence-corrected chi connectivity index (χ2v) is 12.2. The Bertz CT molecular complexity index is 2540. The summed E-state index contributed by atoms with van der Waals surface area (Å²) < 4.78 is 14.8. The van der Waals surface area contributed by atoms with E-state index in [1.165, 1.54) is 18.2 Å². The van der Waals surface area contributed by atoms with E-state index in [1.54, 1.807) is 102 Å². The number of anilines is 1. The van der Waals surface area contributed by atoms with Crippen molar-refractivity contribution in [1.29, 1.82) is 5.26 Å². The van der Waals surface area contributed by atoms with Crippen molar-refractivity contribution < 1.29 is 19.5 Å². The highest BCUT2D eigenvalue weighted by Crippen LogP contribution is 2.45. The lowest BCUT2D eigenvalue weighted by Gasteiger charge is -2.23. The van der Waals surface area contributed by atoms with Crippen molar-refractivity contribution in [3.63, 3.8) is 0 Å². The minimum Gasteiger partial charge on any atom is -0.508 e. The number of hydrogen-bond acceptors (Lipinski definition) is 6. The highest BCUT2D eigenvalue weighted by molar-refractivity contribution is 7.53. The fourth-order valence-electron chi connectivity index (χ4n) is 5.88. The van der Waals surface area contributed by atoms with Gasteiger partial charge >= 0.3 is 13.4 Å². The summed E-state index contributed by atoms with van der Waals surface area (Å²) >= 11 is 0. The molecule has 0 unspecified atom stereocenters. The lowest BCUT2D eigenvalue weighted by molar-refractivity contribution is 0.380. The molecule has 0 atom stereocenters. The molecule has 5 aromatic rings. The Hall–Kier alpha value is -6.31. The van der Waals surface area contributed by atoms with Crippen LogP contribution in [0.1, 0.15) is 5.56 Å². The van der Waals surface area contributed by atoms with Crippen LogP contribution in [0.3, 0.4) is 0 Å². The molecule has 12 heteroatoms. The van der Waals surface area contributed by atoms with Crippen molar-refractivity contribution in [1.82, 2.24) is 14.1 Å². The first-order valence-electron chi connectivity index (χ1n) is 14.6. The van der Waals surface area contributed by atoms with E-state index in [2.05, 4.69) is 16.1 Å². The molecule has 11 nitrogen and oxygen atoms in total. The largest absolute Gasteiger partial charge is 0.508 e. The Morgan fingerprint density at radius 1 is 0.750 bits per heavy atom. The number of rotatable bonds is 6. The van der Waals surface area contributed by atoms with Crippen molar-refractivity contribution >= 4 is 24.3 Å². The summed E-state index contributed by atoms with van der Waals surface area (Å²) in [6.45, 7) is 0. The Morgan fingerprint density at radius 2 is 1.42 bits per heavy atom. The van der Waals surface area contributed by atoms with Gasteiger partial charge in [0.25, 0.3) is 5.56 Å². The van der Waals surface area contributed by atoms with Crippen molar-refractivity contribution in [3.05, 3.63) is 148 Å². The standard InChI is InChI=1S/C36H24N5O6P/c37-21-22-11-12-25-20-29-34(40(31(25)19-22)26-13-15-27(42)16-14-26)38-36(44)41(35(29)43)33-28(23-7-3-1-4-8-23)17-18-30(39-48(45,46)47)32(33)24-9-5-2-6-10-24/h1-20,42H,(H3,39,45,46,47). The third kappa shape index (κ3) is 5.42. The maximum Gasteiger partial charge on any atom is 0.427 e. The van der Waals surface area contributed by atoms with Crippen LogP contribution in [-0.2, 0) is 4.57 Å². The van der Waals surface area contributed by atoms with E-state index >= 15 is 0 Å². The summed E-state index contributed by atoms with van der Waals surface area (Å²) in [5, 5.41) is 22.4. The number of nitriles is 1. The third-order valence-corrected chi connectivity index (χ3v) is 8.43. The van der Waals surface area contributed by atoms with Crippen LogP contribution in [0.15, 0.2) is 131 Å². The van der Waals surface area contributed by atoms with E-state index in [9.17, 15) is 34.3 Å². The first kappa shape index (κ1) is 30.3. The van der Waals surface area contributed by atoms with Gasteiger partial charge in [0.15, 0.2) is 5.82 Å². The molecule has 0 saturated heterocycles. The average molecular weight is 654 g/mol. The van der Waals surface area contributed by atoms with Gasteiger partial charge in [-0.3, -0.25) is 14.4 Å². The molecule has 0 amide bonds. The van der Waals surface area contributed by atoms with Crippen LogP contribution in [0.25, 0.3) is 55.9 Å². The van der Waals surface area contributed by atoms with Gasteiger partial charge in [0.05, 0.1) is 34.1 Å². The molecule has 4 N–H and O–H groups in total. The zero-order valence-corrected chi connectivity index (χ0v) is 25.7. The predicted molar refractivity (Wildman–Crippen MR) is 182 cm³/mol. The highest BCUT2D eigenvalue weighted by atomic mass is 31.2. The summed E-state index contributed by atoms with van der Waals surface area (Å²) in [5.74, 6) is 0.0219. The van der Waals surface area contributed by atoms with E-state index < -0.39 is 19.0 Å². The Balaban J connectivity index is 1.65. The normalized spacial score (nSPS) is 11.4. The fraction of sp³-hybridized carbons (Fsp3) is 0. The van der Waals surface area contributed by atoms with Gasteiger partial charge in [-0.15, -0.1) is 0 Å². The van der Waals surface area contributed by atoms with Gasteiger partial charge in [0.1, 0.15) is 5.75 Å². The Kier molecular flexibility index (Phi) is 7.46. The minimum atomic E-state index is -4.85. The maximum absolute atomic E-state index is 14.8. The summed E-state index contributed by atoms with van der Waals surface area (Å²) in [4.78, 5) is 53.4. The van der Waals surface area contributed by atoms with E-state index in [0.29, 0.717) is 38.8 Å². The number of aromatic nitrogens is 3. The van der Waals surface area contributed by atoms with Crippen molar-refractivity contribution in [3.8, 4) is 56.8 Å². The van der Waals surface area contributed by atoms with Crippen LogP contribution in [0, 0.1) is 11.3 Å². The predicted octanol–water partition coefficient (Wildman–Crippen LogP) is 6.06. The average Bonchev–Trinajstić information content (AvgIpc) is 3.08. The molecule has 0 aliphatic carbocycles. The smallest absolute Gasteiger partial charge is 0.427 e. The van der Waals surface area contributed by atoms with E-state index in [4.69, 9.17) is 0 Å². The van der Waals surface area contributed by atoms with Crippen molar-refractivity contribution in [2.75, 3.05) is 5.09 Å². The molecule has 0 fully saturated rings. The quantitative estimate of drug-likeness (QED) is 0.123. The maximum atomic E-state index is 14.8. The number of fused-ring (bicyclic) bond motifs is 2. The molecular formula is C36H24N5O6P. The molecule has 2 aliphatic heterocycles. The first-order valence-corrected chi connectivity index (χ1v) is 16.2. The van der Waals surface area contributed by atoms with Gasteiger partial charge in [-0.05, 0) is 65.0 Å². The topological polar surface area (TPSA) is 170 Å². The summed E-state index contributed by atoms with van der Waals surface area (Å²) in [6.07, 6.45) is 0. The van der Waals surface area contributed by atoms with Gasteiger partial charge in [-0.1, -0.05) is 72.8 Å². The second kappa shape index (κ2) is 11.8. The minimum absolute atomic E-state index is 0.00249.